The van der Waals surface area contributed by atoms with Crippen molar-refractivity contribution in [2.75, 3.05) is 7.05 Å². The predicted octanol–water partition coefficient (Wildman–Crippen LogP) is 3.14. The van der Waals surface area contributed by atoms with Crippen molar-refractivity contribution >= 4 is 29.2 Å². The van der Waals surface area contributed by atoms with Gasteiger partial charge in [0, 0.05) is 13.6 Å². The molecule has 0 heterocycles. The quantitative estimate of drug-likeness (QED) is 0.345. The Bertz CT molecular complexity index is 849. The summed E-state index contributed by atoms with van der Waals surface area (Å²) in [5.41, 5.74) is 2.71. The number of halogens is 3. The van der Waals surface area contributed by atoms with Crippen LogP contribution >= 0.6 is 11.6 Å². The zero-order valence-electron chi connectivity index (χ0n) is 15.8. The van der Waals surface area contributed by atoms with Crippen LogP contribution < -0.4 is 10.7 Å². The van der Waals surface area contributed by atoms with E-state index in [0.29, 0.717) is 5.56 Å². The van der Waals surface area contributed by atoms with E-state index >= 15 is 0 Å². The molecule has 0 saturated carbocycles. The van der Waals surface area contributed by atoms with E-state index in [4.69, 9.17) is 11.6 Å². The van der Waals surface area contributed by atoms with Crippen LogP contribution in [0, 0.1) is 5.82 Å². The van der Waals surface area contributed by atoms with Gasteiger partial charge >= 0.3 is 5.97 Å². The highest BCUT2D eigenvalue weighted by molar-refractivity contribution is 6.38. The molecular formula is C18H21ClF2N4O3. The number of hydrogen-bond donors (Lipinski definition) is 3. The second-order valence-electron chi connectivity index (χ2n) is 5.52. The molecule has 0 aromatic heterocycles. The smallest absolute Gasteiger partial charge is 0.353 e. The topological polar surface area (TPSA) is 94.0 Å². The first-order valence-corrected chi connectivity index (χ1v) is 8.51. The first-order valence-electron chi connectivity index (χ1n) is 8.13. The van der Waals surface area contributed by atoms with Gasteiger partial charge in [-0.25, -0.2) is 24.0 Å². The molecule has 0 aliphatic heterocycles. The van der Waals surface area contributed by atoms with E-state index < -0.39 is 23.5 Å². The fraction of sp³-hybridized carbons (Fsp3) is 0.278. The van der Waals surface area contributed by atoms with Crippen LogP contribution in [0.1, 0.15) is 26.3 Å². The minimum atomic E-state index is -1.30. The van der Waals surface area contributed by atoms with Gasteiger partial charge in [0.15, 0.2) is 5.82 Å². The van der Waals surface area contributed by atoms with Crippen LogP contribution in [0.4, 0.5) is 8.78 Å². The second-order valence-corrected chi connectivity index (χ2v) is 5.93. The average molecular weight is 415 g/mol. The van der Waals surface area contributed by atoms with Gasteiger partial charge in [0.25, 0.3) is 5.91 Å². The van der Waals surface area contributed by atoms with Gasteiger partial charge in [-0.15, -0.1) is 0 Å². The van der Waals surface area contributed by atoms with Gasteiger partial charge < -0.3 is 10.4 Å². The van der Waals surface area contributed by atoms with E-state index in [1.165, 1.54) is 45.2 Å². The molecule has 0 spiro atoms. The molecular weight excluding hydrogens is 394 g/mol. The van der Waals surface area contributed by atoms with Gasteiger partial charge in [-0.2, -0.15) is 0 Å². The van der Waals surface area contributed by atoms with Crippen molar-refractivity contribution in [3.05, 3.63) is 58.0 Å². The zero-order valence-corrected chi connectivity index (χ0v) is 16.6. The summed E-state index contributed by atoms with van der Waals surface area (Å²) in [7, 11) is 1.39. The molecule has 3 N–H and O–H groups in total. The maximum absolute atomic E-state index is 14.0. The minimum Gasteiger partial charge on any atom is -0.477 e. The molecule has 0 saturated heterocycles. The molecule has 1 aromatic rings. The average Bonchev–Trinajstić information content (AvgIpc) is 2.64. The maximum atomic E-state index is 14.0. The number of carboxylic acid groups (broad SMARTS) is 1. The van der Waals surface area contributed by atoms with Gasteiger partial charge in [-0.3, -0.25) is 9.80 Å². The van der Waals surface area contributed by atoms with Gasteiger partial charge in [-0.05, 0) is 38.5 Å². The monoisotopic (exact) mass is 414 g/mol. The Hall–Kier alpha value is -2.78. The lowest BCUT2D eigenvalue weighted by molar-refractivity contribution is -0.134. The number of aliphatic imine (C=N–C) groups is 1. The lowest BCUT2D eigenvalue weighted by Crippen LogP contribution is -2.37. The van der Waals surface area contributed by atoms with E-state index in [1.807, 2.05) is 0 Å². The largest absolute Gasteiger partial charge is 0.477 e. The zero-order chi connectivity index (χ0) is 21.4. The normalized spacial score (nSPS) is 13.1. The number of rotatable bonds is 8. The highest BCUT2D eigenvalue weighted by atomic mass is 35.5. The summed E-state index contributed by atoms with van der Waals surface area (Å²) in [4.78, 5) is 27.5. The van der Waals surface area contributed by atoms with Crippen molar-refractivity contribution in [2.24, 2.45) is 4.99 Å². The number of carboxylic acids is 1. The number of amides is 1. The third-order valence-electron chi connectivity index (χ3n) is 3.52. The molecule has 1 aromatic carbocycles. The molecule has 1 rings (SSSR count). The Morgan fingerprint density at radius 3 is 2.46 bits per heavy atom. The number of hydrazine groups is 1. The molecule has 152 valence electrons. The third kappa shape index (κ3) is 6.14. The van der Waals surface area contributed by atoms with Crippen LogP contribution in [0.2, 0.25) is 5.02 Å². The molecule has 0 atom stereocenters. The summed E-state index contributed by atoms with van der Waals surface area (Å²) < 4.78 is 27.2. The number of aliphatic carboxylic acids is 1. The standard InChI is InChI=1S/C18H21ClF2N4O3/c1-5-15(18(27)28)25(22-4)16(10(2)20)24-11(3)17(26)23-9-12-6-7-14(21)13(19)8-12/h5-8,22H,9H2,1-4H3,(H,23,26)(H,27,28)/b15-5-,16-10+,24-11+. The highest BCUT2D eigenvalue weighted by Gasteiger charge is 2.22. The third-order valence-corrected chi connectivity index (χ3v) is 3.81. The van der Waals surface area contributed by atoms with Crippen molar-refractivity contribution in [3.63, 3.8) is 0 Å². The van der Waals surface area contributed by atoms with Crippen molar-refractivity contribution in [2.45, 2.75) is 27.3 Å². The molecule has 0 fully saturated rings. The van der Waals surface area contributed by atoms with Crippen LogP contribution in [0.25, 0.3) is 0 Å². The molecule has 0 aliphatic carbocycles. The van der Waals surface area contributed by atoms with Gasteiger partial charge in [-0.1, -0.05) is 23.7 Å². The van der Waals surface area contributed by atoms with E-state index in [1.54, 1.807) is 0 Å². The van der Waals surface area contributed by atoms with Gasteiger partial charge in [0.05, 0.1) is 5.02 Å². The van der Waals surface area contributed by atoms with E-state index in [-0.39, 0.29) is 28.8 Å². The van der Waals surface area contributed by atoms with Crippen LogP contribution in [-0.4, -0.2) is 34.8 Å². The summed E-state index contributed by atoms with van der Waals surface area (Å²) in [5.74, 6) is -3.68. The number of nitrogens with zero attached hydrogens (tertiary/aromatic N) is 2. The predicted molar refractivity (Wildman–Crippen MR) is 102 cm³/mol. The first kappa shape index (κ1) is 23.3. The number of carbonyl (C=O) groups is 2. The molecule has 7 nitrogen and oxygen atoms in total. The summed E-state index contributed by atoms with van der Waals surface area (Å²) in [5, 5.41) is 12.6. The Labute approximate surface area is 166 Å². The molecule has 28 heavy (non-hydrogen) atoms. The SMILES string of the molecule is C/C=C(/C(=O)O)N(NC)C(/N=C(\C)C(=O)NCc1ccc(F)c(Cl)c1)=C(\C)F. The number of nitrogens with one attached hydrogen (secondary N) is 2. The summed E-state index contributed by atoms with van der Waals surface area (Å²) >= 11 is 5.69. The Morgan fingerprint density at radius 1 is 1.36 bits per heavy atom. The summed E-state index contributed by atoms with van der Waals surface area (Å²) in [6, 6.07) is 4.00. The lowest BCUT2D eigenvalue weighted by atomic mass is 10.2. The van der Waals surface area contributed by atoms with Crippen molar-refractivity contribution < 1.29 is 23.5 Å². The number of allylic oxidation sites excluding steroid dienone is 2. The Kier molecular flexibility index (Phi) is 8.75. The Balaban J connectivity index is 3.02. The van der Waals surface area contributed by atoms with Gasteiger partial charge in [0.1, 0.15) is 23.1 Å². The number of carbonyl (C=O) groups excluding carboxylic acids is 1. The fourth-order valence-electron chi connectivity index (χ4n) is 2.14. The second kappa shape index (κ2) is 10.5. The van der Waals surface area contributed by atoms with E-state index in [0.717, 1.165) is 11.9 Å². The molecule has 0 unspecified atom stereocenters. The van der Waals surface area contributed by atoms with Gasteiger partial charge in [0.2, 0.25) is 0 Å². The van der Waals surface area contributed by atoms with Crippen LogP contribution in [0.15, 0.2) is 46.6 Å². The van der Waals surface area contributed by atoms with E-state index in [9.17, 15) is 23.5 Å². The lowest BCUT2D eigenvalue weighted by Gasteiger charge is -2.24. The number of benzene rings is 1. The Morgan fingerprint density at radius 2 is 2.00 bits per heavy atom. The molecule has 0 aliphatic rings. The van der Waals surface area contributed by atoms with Crippen LogP contribution in [0.3, 0.4) is 0 Å². The maximum Gasteiger partial charge on any atom is 0.353 e. The van der Waals surface area contributed by atoms with E-state index in [2.05, 4.69) is 15.7 Å². The highest BCUT2D eigenvalue weighted by Crippen LogP contribution is 2.18. The molecule has 1 amide bonds. The van der Waals surface area contributed by atoms with Crippen LogP contribution in [0.5, 0.6) is 0 Å². The molecule has 0 radical (unpaired) electrons. The number of hydrogen-bond acceptors (Lipinski definition) is 5. The van der Waals surface area contributed by atoms with Crippen LogP contribution in [-0.2, 0) is 16.1 Å². The van der Waals surface area contributed by atoms with Crippen molar-refractivity contribution in [1.29, 1.82) is 0 Å². The fourth-order valence-corrected chi connectivity index (χ4v) is 2.34. The minimum absolute atomic E-state index is 0.0460. The molecule has 0 bridgehead atoms. The summed E-state index contributed by atoms with van der Waals surface area (Å²) in [6.07, 6.45) is 1.25. The summed E-state index contributed by atoms with van der Waals surface area (Å²) in [6.45, 7) is 3.95. The van der Waals surface area contributed by atoms with Crippen molar-refractivity contribution in [3.8, 4) is 0 Å². The molecule has 10 heteroatoms. The van der Waals surface area contributed by atoms with Crippen molar-refractivity contribution in [1.82, 2.24) is 15.8 Å². The first-order chi connectivity index (χ1) is 13.1.